The number of nitrogens with one attached hydrogen (secondary N) is 1. The van der Waals surface area contributed by atoms with Crippen molar-refractivity contribution in [2.24, 2.45) is 0 Å². The maximum Gasteiger partial charge on any atom is 0.261 e. The minimum absolute atomic E-state index is 0.0723. The molecule has 0 aliphatic carbocycles. The molecule has 2 heterocycles. The number of carbonyl (C=O) groups excluding carboxylic acids is 1. The molecular weight excluding hydrogens is 286 g/mol. The Labute approximate surface area is 130 Å². The molecular formula is C16H25NO3S. The van der Waals surface area contributed by atoms with Crippen LogP contribution < -0.4 is 5.32 Å². The van der Waals surface area contributed by atoms with Gasteiger partial charge in [-0.15, -0.1) is 11.3 Å². The Morgan fingerprint density at radius 3 is 2.76 bits per heavy atom. The topological polar surface area (TPSA) is 58.6 Å². The number of carbonyl (C=O) groups is 1. The van der Waals surface area contributed by atoms with Crippen molar-refractivity contribution in [3.8, 4) is 0 Å². The predicted octanol–water partition coefficient (Wildman–Crippen LogP) is 2.53. The largest absolute Gasteiger partial charge is 0.388 e. The average molecular weight is 311 g/mol. The summed E-state index contributed by atoms with van der Waals surface area (Å²) in [6, 6.07) is 2.00. The van der Waals surface area contributed by atoms with E-state index in [1.807, 2.05) is 6.07 Å². The first-order chi connectivity index (χ1) is 10.1. The second-order valence-corrected chi connectivity index (χ2v) is 6.82. The van der Waals surface area contributed by atoms with Crippen molar-refractivity contribution in [2.45, 2.75) is 51.6 Å². The van der Waals surface area contributed by atoms with Crippen molar-refractivity contribution >= 4 is 17.2 Å². The molecule has 1 aliphatic heterocycles. The fraction of sp³-hybridized carbons (Fsp3) is 0.688. The number of aryl methyl sites for hydroxylation is 2. The Morgan fingerprint density at radius 1 is 1.43 bits per heavy atom. The van der Waals surface area contributed by atoms with Gasteiger partial charge in [-0.25, -0.2) is 0 Å². The van der Waals surface area contributed by atoms with Gasteiger partial charge in [-0.05, 0) is 24.5 Å². The summed E-state index contributed by atoms with van der Waals surface area (Å²) in [7, 11) is 0. The SMILES string of the molecule is CCCc1sc(C(=O)NCC2(O)CCOCC2)cc1CC. The lowest BCUT2D eigenvalue weighted by molar-refractivity contribution is -0.0605. The highest BCUT2D eigenvalue weighted by Gasteiger charge is 2.30. The molecule has 2 N–H and O–H groups in total. The molecule has 0 aromatic carbocycles. The van der Waals surface area contributed by atoms with Crippen LogP contribution in [-0.4, -0.2) is 36.4 Å². The molecule has 0 atom stereocenters. The van der Waals surface area contributed by atoms with Crippen LogP contribution >= 0.6 is 11.3 Å². The lowest BCUT2D eigenvalue weighted by Crippen LogP contribution is -2.46. The summed E-state index contributed by atoms with van der Waals surface area (Å²) in [5.74, 6) is -0.0723. The molecule has 1 fully saturated rings. The Balaban J connectivity index is 1.96. The Bertz CT molecular complexity index is 478. The zero-order valence-electron chi connectivity index (χ0n) is 12.9. The highest BCUT2D eigenvalue weighted by molar-refractivity contribution is 7.14. The Morgan fingerprint density at radius 2 is 2.14 bits per heavy atom. The fourth-order valence-corrected chi connectivity index (χ4v) is 3.85. The number of ether oxygens (including phenoxy) is 1. The molecule has 1 saturated heterocycles. The molecule has 0 bridgehead atoms. The van der Waals surface area contributed by atoms with E-state index < -0.39 is 5.60 Å². The van der Waals surface area contributed by atoms with Crippen LogP contribution in [0, 0.1) is 0 Å². The van der Waals surface area contributed by atoms with Crippen LogP contribution in [0.1, 0.15) is 53.2 Å². The van der Waals surface area contributed by atoms with Gasteiger partial charge >= 0.3 is 0 Å². The third-order valence-corrected chi connectivity index (χ3v) is 5.22. The molecule has 0 radical (unpaired) electrons. The van der Waals surface area contributed by atoms with Crippen molar-refractivity contribution in [1.29, 1.82) is 0 Å². The van der Waals surface area contributed by atoms with Gasteiger partial charge in [-0.1, -0.05) is 20.3 Å². The lowest BCUT2D eigenvalue weighted by Gasteiger charge is -2.31. The number of hydrogen-bond acceptors (Lipinski definition) is 4. The minimum Gasteiger partial charge on any atom is -0.388 e. The van der Waals surface area contributed by atoms with Crippen molar-refractivity contribution in [3.63, 3.8) is 0 Å². The van der Waals surface area contributed by atoms with Gasteiger partial charge in [-0.2, -0.15) is 0 Å². The summed E-state index contributed by atoms with van der Waals surface area (Å²) in [6.07, 6.45) is 4.25. The van der Waals surface area contributed by atoms with E-state index in [-0.39, 0.29) is 5.91 Å². The summed E-state index contributed by atoms with van der Waals surface area (Å²) in [5, 5.41) is 13.2. The fourth-order valence-electron chi connectivity index (χ4n) is 2.58. The lowest BCUT2D eigenvalue weighted by atomic mass is 9.94. The van der Waals surface area contributed by atoms with Gasteiger partial charge in [0, 0.05) is 37.5 Å². The van der Waals surface area contributed by atoms with Gasteiger partial charge in [0.15, 0.2) is 0 Å². The molecule has 0 saturated carbocycles. The van der Waals surface area contributed by atoms with Crippen LogP contribution in [0.5, 0.6) is 0 Å². The van der Waals surface area contributed by atoms with Crippen LogP contribution in [0.15, 0.2) is 6.07 Å². The van der Waals surface area contributed by atoms with Crippen LogP contribution in [0.25, 0.3) is 0 Å². The van der Waals surface area contributed by atoms with E-state index >= 15 is 0 Å². The van der Waals surface area contributed by atoms with E-state index in [1.54, 1.807) is 11.3 Å². The van der Waals surface area contributed by atoms with Crippen molar-refractivity contribution < 1.29 is 14.6 Å². The summed E-state index contributed by atoms with van der Waals surface area (Å²) in [6.45, 7) is 5.70. The maximum atomic E-state index is 12.3. The average Bonchev–Trinajstić information content (AvgIpc) is 2.89. The molecule has 0 unspecified atom stereocenters. The summed E-state index contributed by atoms with van der Waals surface area (Å²) in [4.78, 5) is 14.3. The van der Waals surface area contributed by atoms with Crippen LogP contribution in [0.3, 0.4) is 0 Å². The van der Waals surface area contributed by atoms with Crippen LogP contribution in [0.2, 0.25) is 0 Å². The smallest absolute Gasteiger partial charge is 0.261 e. The monoisotopic (exact) mass is 311 g/mol. The second-order valence-electron chi connectivity index (χ2n) is 5.68. The van der Waals surface area contributed by atoms with E-state index in [0.717, 1.165) is 24.1 Å². The van der Waals surface area contributed by atoms with E-state index in [2.05, 4.69) is 19.2 Å². The Hall–Kier alpha value is -0.910. The van der Waals surface area contributed by atoms with E-state index in [0.29, 0.717) is 32.6 Å². The first-order valence-electron chi connectivity index (χ1n) is 7.78. The maximum absolute atomic E-state index is 12.3. The molecule has 2 rings (SSSR count). The molecule has 0 spiro atoms. The highest BCUT2D eigenvalue weighted by atomic mass is 32.1. The first kappa shape index (κ1) is 16.5. The molecule has 5 heteroatoms. The zero-order chi connectivity index (χ0) is 15.3. The van der Waals surface area contributed by atoms with Gasteiger partial charge in [0.05, 0.1) is 10.5 Å². The van der Waals surface area contributed by atoms with Gasteiger partial charge in [-0.3, -0.25) is 4.79 Å². The first-order valence-corrected chi connectivity index (χ1v) is 8.59. The number of thiophene rings is 1. The summed E-state index contributed by atoms with van der Waals surface area (Å²) in [5.41, 5.74) is 0.460. The van der Waals surface area contributed by atoms with Gasteiger partial charge in [0.2, 0.25) is 0 Å². The van der Waals surface area contributed by atoms with E-state index in [1.165, 1.54) is 10.4 Å². The van der Waals surface area contributed by atoms with Crippen LogP contribution in [0.4, 0.5) is 0 Å². The molecule has 1 aliphatic rings. The third-order valence-electron chi connectivity index (χ3n) is 3.98. The number of hydrogen-bond donors (Lipinski definition) is 2. The standard InChI is InChI=1S/C16H25NO3S/c1-3-5-13-12(4-2)10-14(21-13)15(18)17-11-16(19)6-8-20-9-7-16/h10,19H,3-9,11H2,1-2H3,(H,17,18). The van der Waals surface area contributed by atoms with Gasteiger partial charge in [0.1, 0.15) is 0 Å². The second kappa shape index (κ2) is 7.38. The molecule has 4 nitrogen and oxygen atoms in total. The van der Waals surface area contributed by atoms with Gasteiger partial charge in [0.25, 0.3) is 5.91 Å². The normalized spacial score (nSPS) is 17.7. The zero-order valence-corrected chi connectivity index (χ0v) is 13.7. The highest BCUT2D eigenvalue weighted by Crippen LogP contribution is 2.25. The molecule has 21 heavy (non-hydrogen) atoms. The van der Waals surface area contributed by atoms with Gasteiger partial charge < -0.3 is 15.2 Å². The third kappa shape index (κ3) is 4.28. The molecule has 1 aromatic heterocycles. The molecule has 1 amide bonds. The number of amides is 1. The molecule has 118 valence electrons. The summed E-state index contributed by atoms with van der Waals surface area (Å²) >= 11 is 1.58. The predicted molar refractivity (Wildman–Crippen MR) is 85.0 cm³/mol. The number of rotatable bonds is 6. The van der Waals surface area contributed by atoms with Crippen molar-refractivity contribution in [3.05, 3.63) is 21.4 Å². The minimum atomic E-state index is -0.814. The van der Waals surface area contributed by atoms with Crippen LogP contribution in [-0.2, 0) is 17.6 Å². The quantitative estimate of drug-likeness (QED) is 0.849. The summed E-state index contributed by atoms with van der Waals surface area (Å²) < 4.78 is 5.25. The molecule has 1 aromatic rings. The van der Waals surface area contributed by atoms with E-state index in [4.69, 9.17) is 4.74 Å². The van der Waals surface area contributed by atoms with E-state index in [9.17, 15) is 9.90 Å². The van der Waals surface area contributed by atoms with Crippen molar-refractivity contribution in [2.75, 3.05) is 19.8 Å². The Kier molecular flexibility index (Phi) is 5.79. The van der Waals surface area contributed by atoms with Crippen molar-refractivity contribution in [1.82, 2.24) is 5.32 Å². The number of aliphatic hydroxyl groups is 1.